The van der Waals surface area contributed by atoms with Crippen LogP contribution in [-0.2, 0) is 14.8 Å². The Labute approximate surface area is 157 Å². The van der Waals surface area contributed by atoms with E-state index in [0.29, 0.717) is 10.9 Å². The quantitative estimate of drug-likeness (QED) is 0.438. The van der Waals surface area contributed by atoms with Crippen LogP contribution in [0.5, 0.6) is 0 Å². The molecule has 0 atom stereocenters. The number of methoxy groups -OCH3 is 1. The van der Waals surface area contributed by atoms with E-state index >= 15 is 0 Å². The van der Waals surface area contributed by atoms with Gasteiger partial charge in [0.25, 0.3) is 21.8 Å². The van der Waals surface area contributed by atoms with Crippen molar-refractivity contribution in [3.8, 4) is 0 Å². The van der Waals surface area contributed by atoms with Crippen LogP contribution in [0.15, 0.2) is 41.3 Å². The summed E-state index contributed by atoms with van der Waals surface area (Å²) in [6, 6.07) is 8.12. The van der Waals surface area contributed by atoms with E-state index in [1.807, 2.05) is 0 Å². The Morgan fingerprint density at radius 3 is 2.57 bits per heavy atom. The molecule has 1 aliphatic heterocycles. The number of carbonyl (C=O) groups is 3. The average Bonchev–Trinajstić information content (AvgIpc) is 3.21. The maximum atomic E-state index is 12.7. The molecular weight excluding hydrogens is 388 g/mol. The highest BCUT2D eigenvalue weighted by Gasteiger charge is 2.29. The molecule has 0 saturated heterocycles. The number of H-pyrrole nitrogens is 1. The first-order valence-corrected chi connectivity index (χ1v) is 9.37. The molecule has 0 bridgehead atoms. The SMILES string of the molecule is COC(=O)c1n[nH]c2ccc(NS(=O)(=O)c3ccc4c(c3)C(=O)NC4=O)cc12. The number of amides is 2. The molecule has 2 amide bonds. The summed E-state index contributed by atoms with van der Waals surface area (Å²) in [4.78, 5) is 34.9. The first-order chi connectivity index (χ1) is 13.3. The van der Waals surface area contributed by atoms with Crippen molar-refractivity contribution in [3.63, 3.8) is 0 Å². The molecule has 0 spiro atoms. The predicted octanol–water partition coefficient (Wildman–Crippen LogP) is 1.03. The lowest BCUT2D eigenvalue weighted by Crippen LogP contribution is -2.19. The van der Waals surface area contributed by atoms with E-state index in [0.717, 1.165) is 6.07 Å². The molecular formula is C17H12N4O6S. The molecule has 1 aliphatic rings. The van der Waals surface area contributed by atoms with Gasteiger partial charge < -0.3 is 4.74 Å². The summed E-state index contributed by atoms with van der Waals surface area (Å²) in [5.74, 6) is -1.89. The summed E-state index contributed by atoms with van der Waals surface area (Å²) in [6.45, 7) is 0. The molecule has 3 aromatic rings. The van der Waals surface area contributed by atoms with Crippen LogP contribution in [0, 0.1) is 0 Å². The molecule has 0 radical (unpaired) electrons. The monoisotopic (exact) mass is 400 g/mol. The summed E-state index contributed by atoms with van der Waals surface area (Å²) in [5, 5.41) is 9.00. The Hall–Kier alpha value is -3.73. The van der Waals surface area contributed by atoms with Gasteiger partial charge >= 0.3 is 5.97 Å². The summed E-state index contributed by atoms with van der Waals surface area (Å²) < 4.78 is 32.4. The number of aromatic nitrogens is 2. The molecule has 2 heterocycles. The highest BCUT2D eigenvalue weighted by atomic mass is 32.2. The highest BCUT2D eigenvalue weighted by molar-refractivity contribution is 7.92. The zero-order valence-electron chi connectivity index (χ0n) is 14.3. The second-order valence-corrected chi connectivity index (χ2v) is 7.60. The van der Waals surface area contributed by atoms with Gasteiger partial charge in [0.15, 0.2) is 5.69 Å². The van der Waals surface area contributed by atoms with Gasteiger partial charge in [-0.25, -0.2) is 13.2 Å². The topological polar surface area (TPSA) is 147 Å². The molecule has 28 heavy (non-hydrogen) atoms. The van der Waals surface area contributed by atoms with Gasteiger partial charge in [0.2, 0.25) is 0 Å². The number of fused-ring (bicyclic) bond motifs is 2. The zero-order chi connectivity index (χ0) is 20.1. The van der Waals surface area contributed by atoms with E-state index in [4.69, 9.17) is 0 Å². The number of carbonyl (C=O) groups excluding carboxylic acids is 3. The van der Waals surface area contributed by atoms with E-state index < -0.39 is 27.8 Å². The molecule has 0 aliphatic carbocycles. The molecule has 2 aromatic carbocycles. The number of esters is 1. The average molecular weight is 400 g/mol. The molecule has 0 fully saturated rings. The van der Waals surface area contributed by atoms with Gasteiger partial charge in [0, 0.05) is 11.1 Å². The fourth-order valence-corrected chi connectivity index (χ4v) is 3.93. The van der Waals surface area contributed by atoms with E-state index in [9.17, 15) is 22.8 Å². The second-order valence-electron chi connectivity index (χ2n) is 5.92. The molecule has 10 nitrogen and oxygen atoms in total. The van der Waals surface area contributed by atoms with Gasteiger partial charge in [-0.05, 0) is 36.4 Å². The number of imide groups is 1. The fraction of sp³-hybridized carbons (Fsp3) is 0.0588. The minimum atomic E-state index is -4.05. The normalized spacial score (nSPS) is 13.3. The highest BCUT2D eigenvalue weighted by Crippen LogP contribution is 2.25. The van der Waals surface area contributed by atoms with Crippen molar-refractivity contribution >= 4 is 44.4 Å². The Morgan fingerprint density at radius 1 is 1.07 bits per heavy atom. The van der Waals surface area contributed by atoms with Crippen molar-refractivity contribution in [2.45, 2.75) is 4.90 Å². The molecule has 11 heteroatoms. The molecule has 0 saturated carbocycles. The van der Waals surface area contributed by atoms with Crippen molar-refractivity contribution in [1.29, 1.82) is 0 Å². The first-order valence-electron chi connectivity index (χ1n) is 7.89. The molecule has 3 N–H and O–H groups in total. The lowest BCUT2D eigenvalue weighted by atomic mass is 10.1. The lowest BCUT2D eigenvalue weighted by molar-refractivity contribution is 0.0595. The number of sulfonamides is 1. The lowest BCUT2D eigenvalue weighted by Gasteiger charge is -2.09. The van der Waals surface area contributed by atoms with Gasteiger partial charge in [-0.3, -0.25) is 24.7 Å². The van der Waals surface area contributed by atoms with Crippen LogP contribution in [0.1, 0.15) is 31.2 Å². The van der Waals surface area contributed by atoms with Gasteiger partial charge in [0.05, 0.1) is 28.6 Å². The fourth-order valence-electron chi connectivity index (χ4n) is 2.86. The summed E-state index contributed by atoms with van der Waals surface area (Å²) in [5.41, 5.74) is 0.833. The number of ether oxygens (including phenoxy) is 1. The van der Waals surface area contributed by atoms with Crippen LogP contribution >= 0.6 is 0 Å². The van der Waals surface area contributed by atoms with Gasteiger partial charge in [0.1, 0.15) is 0 Å². The van der Waals surface area contributed by atoms with Gasteiger partial charge in [-0.2, -0.15) is 5.10 Å². The Bertz CT molecular complexity index is 1280. The second kappa shape index (κ2) is 6.16. The number of anilines is 1. The molecule has 0 unspecified atom stereocenters. The molecule has 142 valence electrons. The minimum Gasteiger partial charge on any atom is -0.464 e. The van der Waals surface area contributed by atoms with E-state index in [1.165, 1.54) is 31.4 Å². The Kier molecular flexibility index (Phi) is 3.89. The van der Waals surface area contributed by atoms with Crippen LogP contribution in [0.3, 0.4) is 0 Å². The number of nitrogens with one attached hydrogen (secondary N) is 3. The van der Waals surface area contributed by atoms with Crippen LogP contribution < -0.4 is 10.0 Å². The number of aromatic amines is 1. The summed E-state index contributed by atoms with van der Waals surface area (Å²) in [6.07, 6.45) is 0. The summed E-state index contributed by atoms with van der Waals surface area (Å²) >= 11 is 0. The first kappa shape index (κ1) is 17.7. The third kappa shape index (κ3) is 2.77. The maximum absolute atomic E-state index is 12.7. The van der Waals surface area contributed by atoms with Crippen molar-refractivity contribution < 1.29 is 27.5 Å². The van der Waals surface area contributed by atoms with Crippen LogP contribution in [0.2, 0.25) is 0 Å². The standard InChI is InChI=1S/C17H12N4O6S/c1-27-17(24)14-12-6-8(2-5-13(12)19-20-14)21-28(25,26)9-3-4-10-11(7-9)16(23)18-15(10)22/h2-7,21H,1H3,(H,19,20)(H,18,22,23). The Balaban J connectivity index is 1.70. The van der Waals surface area contributed by atoms with Crippen molar-refractivity contribution in [3.05, 3.63) is 53.2 Å². The van der Waals surface area contributed by atoms with Crippen LogP contribution in [0.25, 0.3) is 10.9 Å². The third-order valence-corrected chi connectivity index (χ3v) is 5.59. The van der Waals surface area contributed by atoms with E-state index in [-0.39, 0.29) is 27.4 Å². The minimum absolute atomic E-state index is 0.00820. The van der Waals surface area contributed by atoms with Gasteiger partial charge in [-0.1, -0.05) is 0 Å². The van der Waals surface area contributed by atoms with Gasteiger partial charge in [-0.15, -0.1) is 0 Å². The number of benzene rings is 2. The number of hydrogen-bond acceptors (Lipinski definition) is 7. The van der Waals surface area contributed by atoms with Crippen molar-refractivity contribution in [2.24, 2.45) is 0 Å². The van der Waals surface area contributed by atoms with E-state index in [2.05, 4.69) is 25.0 Å². The summed E-state index contributed by atoms with van der Waals surface area (Å²) in [7, 11) is -2.84. The molecule has 1 aromatic heterocycles. The van der Waals surface area contributed by atoms with Crippen molar-refractivity contribution in [1.82, 2.24) is 15.5 Å². The third-order valence-electron chi connectivity index (χ3n) is 4.21. The van der Waals surface area contributed by atoms with Crippen LogP contribution in [0.4, 0.5) is 5.69 Å². The van der Waals surface area contributed by atoms with Crippen LogP contribution in [-0.4, -0.2) is 43.5 Å². The number of rotatable bonds is 4. The smallest absolute Gasteiger partial charge is 0.359 e. The zero-order valence-corrected chi connectivity index (χ0v) is 15.1. The molecule has 4 rings (SSSR count). The number of nitrogens with zero attached hydrogens (tertiary/aromatic N) is 1. The predicted molar refractivity (Wildman–Crippen MR) is 96.5 cm³/mol. The van der Waals surface area contributed by atoms with E-state index in [1.54, 1.807) is 6.07 Å². The maximum Gasteiger partial charge on any atom is 0.359 e. The van der Waals surface area contributed by atoms with Crippen molar-refractivity contribution in [2.75, 3.05) is 11.8 Å². The number of hydrogen-bond donors (Lipinski definition) is 3. The Morgan fingerprint density at radius 2 is 1.82 bits per heavy atom. The largest absolute Gasteiger partial charge is 0.464 e.